The highest BCUT2D eigenvalue weighted by molar-refractivity contribution is 5.96. The second kappa shape index (κ2) is 10.8. The maximum Gasteiger partial charge on any atom is 0.340 e. The molecule has 2 rings (SSSR count). The van der Waals surface area contributed by atoms with Crippen molar-refractivity contribution >= 4 is 40.8 Å². The van der Waals surface area contributed by atoms with Gasteiger partial charge in [-0.2, -0.15) is 13.8 Å². The SMILES string of the molecule is COC(=O)c1cc(F)c([N+](=O)[O-])cc1N.COC(=O)c1cc(F)c([N+](=O)[O-])cc1N=C=O. The molecule has 15 heteroatoms. The molecule has 0 unspecified atom stereocenters. The molecule has 2 aromatic carbocycles. The van der Waals surface area contributed by atoms with Crippen molar-refractivity contribution in [2.75, 3.05) is 20.0 Å². The van der Waals surface area contributed by atoms with E-state index in [0.717, 1.165) is 26.4 Å². The minimum Gasteiger partial charge on any atom is -0.465 e. The highest BCUT2D eigenvalue weighted by Crippen LogP contribution is 2.28. The van der Waals surface area contributed by atoms with E-state index >= 15 is 0 Å². The van der Waals surface area contributed by atoms with Crippen LogP contribution in [0.5, 0.6) is 0 Å². The summed E-state index contributed by atoms with van der Waals surface area (Å²) in [7, 11) is 2.14. The molecule has 2 aromatic rings. The number of nitrogens with two attached hydrogens (primary N) is 1. The second-order valence-corrected chi connectivity index (χ2v) is 5.41. The van der Waals surface area contributed by atoms with Gasteiger partial charge in [0.2, 0.25) is 17.7 Å². The molecule has 0 aliphatic rings. The van der Waals surface area contributed by atoms with Crippen molar-refractivity contribution in [2.24, 2.45) is 4.99 Å². The van der Waals surface area contributed by atoms with Crippen LogP contribution in [-0.2, 0) is 14.3 Å². The number of nitrogens with zero attached hydrogens (tertiary/aromatic N) is 3. The summed E-state index contributed by atoms with van der Waals surface area (Å²) in [5.41, 5.74) is 2.46. The molecule has 0 aromatic heterocycles. The first-order valence-corrected chi connectivity index (χ1v) is 7.94. The molecule has 32 heavy (non-hydrogen) atoms. The van der Waals surface area contributed by atoms with E-state index in [1.165, 1.54) is 0 Å². The highest BCUT2D eigenvalue weighted by Gasteiger charge is 2.22. The number of aliphatic imine (C=N–C) groups is 1. The number of nitrogen functional groups attached to an aromatic ring is 1. The Kier molecular flexibility index (Phi) is 8.56. The Morgan fingerprint density at radius 1 is 0.938 bits per heavy atom. The number of anilines is 1. The van der Waals surface area contributed by atoms with E-state index in [-0.39, 0.29) is 22.5 Å². The van der Waals surface area contributed by atoms with Gasteiger partial charge in [-0.1, -0.05) is 0 Å². The number of isocyanates is 1. The average molecular weight is 454 g/mol. The smallest absolute Gasteiger partial charge is 0.340 e. The summed E-state index contributed by atoms with van der Waals surface area (Å²) in [6.07, 6.45) is 1.11. The zero-order chi connectivity index (χ0) is 24.6. The van der Waals surface area contributed by atoms with Gasteiger partial charge in [-0.15, -0.1) is 0 Å². The minimum absolute atomic E-state index is 0.199. The standard InChI is InChI=1S/C9H5FN2O5.C8H7FN2O4/c1-17-9(14)5-2-6(10)8(12(15)16)3-7(5)11-4-13;1-15-8(12)4-2-5(9)7(11(13)14)3-6(4)10/h2-3H,1H3;2-3H,10H2,1H3. The Labute approximate surface area is 176 Å². The van der Waals surface area contributed by atoms with Crippen molar-refractivity contribution in [3.63, 3.8) is 0 Å². The predicted octanol–water partition coefficient (Wildman–Crippen LogP) is 2.59. The third-order valence-corrected chi connectivity index (χ3v) is 3.55. The fraction of sp³-hybridized carbons (Fsp3) is 0.118. The third kappa shape index (κ3) is 5.87. The molecule has 0 saturated heterocycles. The summed E-state index contributed by atoms with van der Waals surface area (Å²) < 4.78 is 34.9. The Morgan fingerprint density at radius 3 is 1.81 bits per heavy atom. The largest absolute Gasteiger partial charge is 0.465 e. The zero-order valence-electron chi connectivity index (χ0n) is 16.2. The lowest BCUT2D eigenvalue weighted by Gasteiger charge is -2.03. The van der Waals surface area contributed by atoms with E-state index in [9.17, 15) is 43.4 Å². The van der Waals surface area contributed by atoms with E-state index < -0.39 is 44.8 Å². The fourth-order valence-corrected chi connectivity index (χ4v) is 2.11. The summed E-state index contributed by atoms with van der Waals surface area (Å²) in [4.78, 5) is 54.2. The normalized spacial score (nSPS) is 9.50. The van der Waals surface area contributed by atoms with Crippen LogP contribution in [0.1, 0.15) is 20.7 Å². The summed E-state index contributed by atoms with van der Waals surface area (Å²) in [6.45, 7) is 0. The van der Waals surface area contributed by atoms with Crippen LogP contribution in [0.25, 0.3) is 0 Å². The lowest BCUT2D eigenvalue weighted by atomic mass is 10.1. The average Bonchev–Trinajstić information content (AvgIpc) is 2.75. The first kappa shape index (κ1) is 25.3. The molecule has 13 nitrogen and oxygen atoms in total. The van der Waals surface area contributed by atoms with Gasteiger partial charge in [-0.25, -0.2) is 14.4 Å². The van der Waals surface area contributed by atoms with Crippen molar-refractivity contribution in [1.82, 2.24) is 0 Å². The molecular formula is C17H12F2N4O9. The molecule has 0 heterocycles. The molecule has 0 fully saturated rings. The van der Waals surface area contributed by atoms with Gasteiger partial charge in [-0.3, -0.25) is 20.2 Å². The Balaban J connectivity index is 0.000000323. The van der Waals surface area contributed by atoms with E-state index in [2.05, 4.69) is 14.5 Å². The molecule has 0 aliphatic carbocycles. The van der Waals surface area contributed by atoms with Crippen LogP contribution in [-0.4, -0.2) is 42.1 Å². The number of benzene rings is 2. The predicted molar refractivity (Wildman–Crippen MR) is 101 cm³/mol. The van der Waals surface area contributed by atoms with Crippen LogP contribution >= 0.6 is 0 Å². The van der Waals surface area contributed by atoms with Crippen molar-refractivity contribution in [1.29, 1.82) is 0 Å². The van der Waals surface area contributed by atoms with Gasteiger partial charge in [0.25, 0.3) is 0 Å². The van der Waals surface area contributed by atoms with Crippen molar-refractivity contribution < 1.29 is 42.5 Å². The maximum atomic E-state index is 13.2. The number of nitro groups is 2. The van der Waals surface area contributed by atoms with Crippen LogP contribution in [0.3, 0.4) is 0 Å². The van der Waals surface area contributed by atoms with E-state index in [0.29, 0.717) is 18.2 Å². The van der Waals surface area contributed by atoms with Gasteiger partial charge in [-0.05, 0) is 12.1 Å². The first-order valence-electron chi connectivity index (χ1n) is 7.94. The number of nitro benzene ring substituents is 2. The van der Waals surface area contributed by atoms with Crippen LogP contribution in [0.15, 0.2) is 29.3 Å². The Hall–Kier alpha value is -4.78. The molecule has 0 radical (unpaired) electrons. The number of hydrogen-bond donors (Lipinski definition) is 1. The quantitative estimate of drug-likeness (QED) is 0.175. The molecule has 0 atom stereocenters. The molecule has 0 aliphatic heterocycles. The lowest BCUT2D eigenvalue weighted by molar-refractivity contribution is -0.387. The lowest BCUT2D eigenvalue weighted by Crippen LogP contribution is -2.07. The Morgan fingerprint density at radius 2 is 1.38 bits per heavy atom. The molecule has 0 amide bonds. The summed E-state index contributed by atoms with van der Waals surface area (Å²) in [5.74, 6) is -4.16. The number of carbonyl (C=O) groups excluding carboxylic acids is 3. The number of esters is 2. The number of methoxy groups -OCH3 is 2. The third-order valence-electron chi connectivity index (χ3n) is 3.55. The summed E-state index contributed by atoms with van der Waals surface area (Å²) in [5, 5.41) is 20.8. The number of rotatable bonds is 5. The summed E-state index contributed by atoms with van der Waals surface area (Å²) >= 11 is 0. The fourth-order valence-electron chi connectivity index (χ4n) is 2.11. The van der Waals surface area contributed by atoms with Crippen molar-refractivity contribution in [3.8, 4) is 0 Å². The van der Waals surface area contributed by atoms with E-state index in [1.54, 1.807) is 0 Å². The molecule has 2 N–H and O–H groups in total. The Bertz CT molecular complexity index is 1150. The van der Waals surface area contributed by atoms with E-state index in [1.807, 2.05) is 0 Å². The molecule has 0 bridgehead atoms. The molecule has 168 valence electrons. The van der Waals surface area contributed by atoms with Crippen LogP contribution in [0, 0.1) is 31.9 Å². The minimum atomic E-state index is -1.22. The number of halogens is 2. The monoisotopic (exact) mass is 454 g/mol. The molecule has 0 spiro atoms. The van der Waals surface area contributed by atoms with Crippen LogP contribution in [0.2, 0.25) is 0 Å². The van der Waals surface area contributed by atoms with Gasteiger partial charge in [0.1, 0.15) is 0 Å². The second-order valence-electron chi connectivity index (χ2n) is 5.41. The zero-order valence-corrected chi connectivity index (χ0v) is 16.2. The van der Waals surface area contributed by atoms with Gasteiger partial charge in [0.05, 0.1) is 46.6 Å². The molecular weight excluding hydrogens is 442 g/mol. The number of carbonyl (C=O) groups is 2. The van der Waals surface area contributed by atoms with Crippen molar-refractivity contribution in [2.45, 2.75) is 0 Å². The topological polar surface area (TPSA) is 194 Å². The maximum absolute atomic E-state index is 13.2. The first-order chi connectivity index (χ1) is 15.0. The number of hydrogen-bond acceptors (Lipinski definition) is 11. The van der Waals surface area contributed by atoms with Crippen molar-refractivity contribution in [3.05, 3.63) is 67.3 Å². The highest BCUT2D eigenvalue weighted by atomic mass is 19.1. The summed E-state index contributed by atoms with van der Waals surface area (Å²) in [6, 6.07) is 2.70. The van der Waals surface area contributed by atoms with Gasteiger partial charge in [0.15, 0.2) is 0 Å². The molecule has 0 saturated carbocycles. The van der Waals surface area contributed by atoms with Gasteiger partial charge >= 0.3 is 23.3 Å². The van der Waals surface area contributed by atoms with Gasteiger partial charge in [0, 0.05) is 12.1 Å². The van der Waals surface area contributed by atoms with E-state index in [4.69, 9.17) is 5.73 Å². The van der Waals surface area contributed by atoms with Crippen LogP contribution in [0.4, 0.5) is 31.5 Å². The van der Waals surface area contributed by atoms with Crippen LogP contribution < -0.4 is 5.73 Å². The number of ether oxygens (including phenoxy) is 2. The van der Waals surface area contributed by atoms with Gasteiger partial charge < -0.3 is 15.2 Å².